The maximum absolute atomic E-state index is 10.2. The van der Waals surface area contributed by atoms with Crippen LogP contribution in [0.5, 0.6) is 0 Å². The molecule has 0 aromatic carbocycles. The zero-order valence-electron chi connectivity index (χ0n) is 33.8. The summed E-state index contributed by atoms with van der Waals surface area (Å²) >= 11 is 7.30. The molecule has 0 radical (unpaired) electrons. The number of unbranched alkanes of at least 4 members (excludes halogenated alkanes) is 1. The molecule has 28 heteroatoms. The van der Waals surface area contributed by atoms with Crippen LogP contribution in [0.2, 0.25) is 0 Å². The number of aliphatic carboxylic acids is 8. The first-order chi connectivity index (χ1) is 26.9. The molecule has 7 atom stereocenters. The third-order valence-corrected chi connectivity index (χ3v) is 6.55. The molecule has 0 rings (SSSR count). The molecule has 0 heterocycles. The second-order valence-electron chi connectivity index (χ2n) is 11.6. The zero-order chi connectivity index (χ0) is 49.0. The van der Waals surface area contributed by atoms with Crippen molar-refractivity contribution in [3.05, 3.63) is 0 Å². The highest BCUT2D eigenvalue weighted by Gasteiger charge is 2.17. The first-order valence-electron chi connectivity index (χ1n) is 17.2. The van der Waals surface area contributed by atoms with Gasteiger partial charge in [-0.25, -0.2) is 0 Å². The van der Waals surface area contributed by atoms with E-state index in [1.54, 1.807) is 0 Å². The Morgan fingerprint density at radius 1 is 0.508 bits per heavy atom. The summed E-state index contributed by atoms with van der Waals surface area (Å²) < 4.78 is 0. The van der Waals surface area contributed by atoms with Crippen LogP contribution in [0.3, 0.4) is 0 Å². The van der Waals surface area contributed by atoms with Crippen molar-refractivity contribution < 1.29 is 84.3 Å². The van der Waals surface area contributed by atoms with Crippen molar-refractivity contribution in [2.24, 2.45) is 63.4 Å². The van der Waals surface area contributed by atoms with Gasteiger partial charge < -0.3 is 97.6 Å². The molecule has 0 saturated carbocycles. The van der Waals surface area contributed by atoms with Crippen molar-refractivity contribution in [3.63, 3.8) is 0 Å². The summed E-state index contributed by atoms with van der Waals surface area (Å²) in [7, 11) is 0. The normalized spacial score (nSPS) is 12.9. The smallest absolute Gasteiger partial charge is 0.322 e. The highest BCUT2D eigenvalue weighted by atomic mass is 32.1. The third kappa shape index (κ3) is 72.2. The second kappa shape index (κ2) is 50.2. The molecular formula is C31H71N9O17S2. The number of thiol groups is 2. The quantitative estimate of drug-likeness (QED) is 0.0429. The van der Waals surface area contributed by atoms with Crippen LogP contribution in [-0.2, 0) is 38.4 Å². The fourth-order valence-corrected chi connectivity index (χ4v) is 2.28. The lowest BCUT2D eigenvalue weighted by atomic mass is 10.0. The van der Waals surface area contributed by atoms with Crippen LogP contribution in [0.25, 0.3) is 0 Å². The standard InChI is InChI=1S/C6H14N2O2.2C6H13NO2.C3H7NO3.2C3H7NO2S.2C2H5NO2/c7-4-2-1-3-5(8)6(9)10;1-4(2)3-5(7)6(8)9;1-3-4(2)5(7)6(8)9;4-2(1-5)3(6)7;2*4-2(1-7)3(5)6;2*3-1-2(4)5/h5H,1-4,7-8H2,(H,9,10);2*4-5H,3,7H2,1-2H3,(H,8,9);2,5H,1,4H2,(H,6,7);2*2,7H,1,4H2,(H,5,6);2*1,3H2,(H,4,5)/t2*5-;4-,5-;3*2-;;/m000000../s1. The number of nitrogens with two attached hydrogens (primary N) is 9. The molecular weight excluding hydrogens is 835 g/mol. The lowest BCUT2D eigenvalue weighted by Crippen LogP contribution is -2.36. The van der Waals surface area contributed by atoms with Gasteiger partial charge in [-0.05, 0) is 37.6 Å². The largest absolute Gasteiger partial charge is 0.480 e. The minimum atomic E-state index is -1.18. The molecule has 59 heavy (non-hydrogen) atoms. The number of aliphatic hydroxyl groups is 1. The molecule has 26 nitrogen and oxygen atoms in total. The van der Waals surface area contributed by atoms with E-state index in [9.17, 15) is 38.4 Å². The number of aliphatic hydroxyl groups excluding tert-OH is 1. The van der Waals surface area contributed by atoms with E-state index in [4.69, 9.17) is 86.1 Å². The molecule has 0 aliphatic rings. The Morgan fingerprint density at radius 2 is 0.814 bits per heavy atom. The van der Waals surface area contributed by atoms with Crippen molar-refractivity contribution >= 4 is 73.0 Å². The van der Waals surface area contributed by atoms with E-state index in [2.05, 4.69) is 36.7 Å². The molecule has 0 saturated heterocycles. The summed E-state index contributed by atoms with van der Waals surface area (Å²) in [6.45, 7) is 7.19. The fraction of sp³-hybridized carbons (Fsp3) is 0.742. The number of rotatable bonds is 19. The van der Waals surface area contributed by atoms with E-state index in [0.29, 0.717) is 25.3 Å². The van der Waals surface area contributed by atoms with Gasteiger partial charge in [0.25, 0.3) is 0 Å². The highest BCUT2D eigenvalue weighted by molar-refractivity contribution is 7.80. The number of hydrogen-bond donors (Lipinski definition) is 20. The third-order valence-electron chi connectivity index (χ3n) is 5.76. The average molecular weight is 906 g/mol. The Labute approximate surface area is 354 Å². The minimum Gasteiger partial charge on any atom is -0.480 e. The first-order valence-corrected chi connectivity index (χ1v) is 18.4. The number of carboxylic acid groups (broad SMARTS) is 8. The van der Waals surface area contributed by atoms with Gasteiger partial charge in [-0.15, -0.1) is 0 Å². The lowest BCUT2D eigenvalue weighted by molar-refractivity contribution is -0.140. The van der Waals surface area contributed by atoms with Crippen LogP contribution in [-0.4, -0.2) is 168 Å². The molecule has 0 bridgehead atoms. The first kappa shape index (κ1) is 72.7. The van der Waals surface area contributed by atoms with Gasteiger partial charge >= 0.3 is 47.8 Å². The Kier molecular flexibility index (Phi) is 61.8. The van der Waals surface area contributed by atoms with Crippen LogP contribution in [0.4, 0.5) is 0 Å². The van der Waals surface area contributed by atoms with Gasteiger partial charge in [0.15, 0.2) is 0 Å². The van der Waals surface area contributed by atoms with E-state index >= 15 is 0 Å². The molecule has 0 aliphatic carbocycles. The van der Waals surface area contributed by atoms with Gasteiger partial charge in [0.2, 0.25) is 0 Å². The maximum Gasteiger partial charge on any atom is 0.322 e. The van der Waals surface area contributed by atoms with Crippen LogP contribution in [0, 0.1) is 11.8 Å². The van der Waals surface area contributed by atoms with E-state index in [-0.39, 0.29) is 30.5 Å². The SMILES string of the molecule is CC(C)C[C@H](N)C(=O)O.CC[C@H](C)[C@H](N)C(=O)O.NCC(=O)O.NCC(=O)O.NCCCC[C@H](N)C(=O)O.N[C@@H](CO)C(=O)O.N[C@@H](CS)C(=O)O.N[C@@H](CS)C(=O)O. The Hall–Kier alpha value is -3.94. The van der Waals surface area contributed by atoms with Crippen LogP contribution < -0.4 is 51.6 Å². The summed E-state index contributed by atoms with van der Waals surface area (Å²) in [4.78, 5) is 78.1. The molecule has 27 N–H and O–H groups in total. The molecule has 0 aromatic rings. The predicted octanol–water partition coefficient (Wildman–Crippen LogP) is -4.48. The molecule has 0 aromatic heterocycles. The van der Waals surface area contributed by atoms with E-state index < -0.39 is 90.6 Å². The second-order valence-corrected chi connectivity index (χ2v) is 12.4. The molecule has 0 amide bonds. The van der Waals surface area contributed by atoms with E-state index in [1.165, 1.54) is 0 Å². The van der Waals surface area contributed by atoms with Gasteiger partial charge in [0.1, 0.15) is 36.3 Å². The summed E-state index contributed by atoms with van der Waals surface area (Å²) in [6, 6.07) is -4.86. The Morgan fingerprint density at radius 3 is 0.915 bits per heavy atom. The van der Waals surface area contributed by atoms with Crippen molar-refractivity contribution in [1.82, 2.24) is 0 Å². The van der Waals surface area contributed by atoms with Gasteiger partial charge in [-0.3, -0.25) is 38.4 Å². The predicted molar refractivity (Wildman–Crippen MR) is 224 cm³/mol. The molecule has 0 unspecified atom stereocenters. The maximum atomic E-state index is 10.2. The van der Waals surface area contributed by atoms with Gasteiger partial charge in [-0.1, -0.05) is 40.5 Å². The van der Waals surface area contributed by atoms with E-state index in [0.717, 1.165) is 19.3 Å². The topological polar surface area (TPSA) is 553 Å². The molecule has 0 aliphatic heterocycles. The van der Waals surface area contributed by atoms with Crippen molar-refractivity contribution in [2.75, 3.05) is 37.7 Å². The summed E-state index contributed by atoms with van der Waals surface area (Å²) in [5.41, 5.74) is 44.7. The summed E-state index contributed by atoms with van der Waals surface area (Å²) in [6.07, 6.45) is 3.53. The average Bonchev–Trinajstić information content (AvgIpc) is 3.17. The van der Waals surface area contributed by atoms with Crippen LogP contribution >= 0.6 is 25.3 Å². The van der Waals surface area contributed by atoms with Crippen molar-refractivity contribution in [1.29, 1.82) is 0 Å². The van der Waals surface area contributed by atoms with Gasteiger partial charge in [0.05, 0.1) is 19.7 Å². The van der Waals surface area contributed by atoms with Crippen LogP contribution in [0.15, 0.2) is 0 Å². The van der Waals surface area contributed by atoms with Gasteiger partial charge in [-0.2, -0.15) is 25.3 Å². The monoisotopic (exact) mass is 905 g/mol. The molecule has 354 valence electrons. The summed E-state index contributed by atoms with van der Waals surface area (Å²) in [5, 5.41) is 72.1. The Bertz CT molecular complexity index is 1060. The summed E-state index contributed by atoms with van der Waals surface area (Å²) in [5.74, 6) is -7.07. The van der Waals surface area contributed by atoms with Crippen molar-refractivity contribution in [3.8, 4) is 0 Å². The highest BCUT2D eigenvalue weighted by Crippen LogP contribution is 2.04. The lowest BCUT2D eigenvalue weighted by Gasteiger charge is -2.11. The van der Waals surface area contributed by atoms with Crippen molar-refractivity contribution in [2.45, 2.75) is 96.1 Å². The zero-order valence-corrected chi connectivity index (χ0v) is 35.6. The number of carboxylic acids is 8. The Balaban J connectivity index is -0.0000000848. The fourth-order valence-electron chi connectivity index (χ4n) is 1.97. The minimum absolute atomic E-state index is 0.0718. The number of hydrogen-bond acceptors (Lipinski definition) is 20. The van der Waals surface area contributed by atoms with E-state index in [1.807, 2.05) is 27.7 Å². The molecule has 0 fully saturated rings. The van der Waals surface area contributed by atoms with Gasteiger partial charge in [0, 0.05) is 11.5 Å². The molecule has 0 spiro atoms. The van der Waals surface area contributed by atoms with Crippen LogP contribution in [0.1, 0.15) is 59.8 Å². The number of carbonyl (C=O) groups is 8.